The Morgan fingerprint density at radius 2 is 1.10 bits per heavy atom. The number of hydrogen-bond donors (Lipinski definition) is 0. The lowest BCUT2D eigenvalue weighted by molar-refractivity contribution is 0.332. The van der Waals surface area contributed by atoms with E-state index < -0.39 is 6.85 Å². The lowest BCUT2D eigenvalue weighted by atomic mass is 9.33. The number of anilines is 6. The molecule has 2 aliphatic heterocycles. The van der Waals surface area contributed by atoms with Gasteiger partial charge < -0.3 is 9.80 Å². The number of nitrogens with zero attached hydrogens (tertiary/aromatic N) is 2. The van der Waals surface area contributed by atoms with Gasteiger partial charge in [-0.3, -0.25) is 0 Å². The highest BCUT2D eigenvalue weighted by atomic mass is 15.2. The first-order chi connectivity index (χ1) is 29.9. The highest BCUT2D eigenvalue weighted by Crippen LogP contribution is 2.53. The van der Waals surface area contributed by atoms with Gasteiger partial charge in [0.1, 0.15) is 0 Å². The van der Waals surface area contributed by atoms with E-state index >= 15 is 0 Å². The second-order valence-corrected chi connectivity index (χ2v) is 22.6. The van der Waals surface area contributed by atoms with Crippen molar-refractivity contribution in [3.63, 3.8) is 0 Å². The third-order valence-electron chi connectivity index (χ3n) is 15.5. The predicted octanol–water partition coefficient (Wildman–Crippen LogP) is 14.0. The largest absolute Gasteiger partial charge is 0.311 e. The van der Waals surface area contributed by atoms with E-state index in [0.717, 1.165) is 76.4 Å². The molecule has 4 aliphatic rings. The van der Waals surface area contributed by atoms with Gasteiger partial charge in [-0.2, -0.15) is 0 Å². The van der Waals surface area contributed by atoms with E-state index in [1.165, 1.54) is 44.3 Å². The fourth-order valence-corrected chi connectivity index (χ4v) is 11.5. The molecule has 0 atom stereocenters. The third kappa shape index (κ3) is 6.18. The van der Waals surface area contributed by atoms with Crippen LogP contribution < -0.4 is 26.2 Å². The first-order valence-electron chi connectivity index (χ1n) is 24.3. The van der Waals surface area contributed by atoms with Crippen LogP contribution in [0.4, 0.5) is 34.1 Å². The maximum absolute atomic E-state index is 9.08. The van der Waals surface area contributed by atoms with E-state index in [1.54, 1.807) is 0 Å². The summed E-state index contributed by atoms with van der Waals surface area (Å²) in [4.78, 5) is 4.88. The molecule has 2 heterocycles. The van der Waals surface area contributed by atoms with Crippen molar-refractivity contribution in [2.75, 3.05) is 9.80 Å². The first kappa shape index (κ1) is 36.6. The van der Waals surface area contributed by atoms with E-state index in [-0.39, 0.29) is 33.8 Å². The Morgan fingerprint density at radius 3 is 1.72 bits per heavy atom. The SMILES string of the molecule is [2H]C([2H])([2H])c1cc2c3c(c1)N(c1ccc(-c4ccccc4)cc1C)c1cc(C(C)(C)C)ccc1B3c1cc3c(cc1N2c1ccc2c(c1)C(C)(C)CCC2(C)C)C(C)(C)CCC3(C)C. The molecule has 0 saturated heterocycles. The number of fused-ring (bicyclic) bond motifs is 6. The summed E-state index contributed by atoms with van der Waals surface area (Å²) < 4.78 is 27.2. The van der Waals surface area contributed by atoms with Crippen molar-refractivity contribution in [1.82, 2.24) is 0 Å². The van der Waals surface area contributed by atoms with Gasteiger partial charge in [0.15, 0.2) is 0 Å². The van der Waals surface area contributed by atoms with Gasteiger partial charge in [0.05, 0.1) is 0 Å². The second kappa shape index (κ2) is 13.2. The van der Waals surface area contributed by atoms with E-state index in [4.69, 9.17) is 4.11 Å². The van der Waals surface area contributed by atoms with Crippen molar-refractivity contribution in [1.29, 1.82) is 0 Å². The zero-order chi connectivity index (χ0) is 45.7. The maximum Gasteiger partial charge on any atom is 0.252 e. The quantitative estimate of drug-likeness (QED) is 0.164. The van der Waals surface area contributed by atoms with Crippen molar-refractivity contribution < 1.29 is 4.11 Å². The Hall–Kier alpha value is -5.02. The molecule has 0 aromatic heterocycles. The van der Waals surface area contributed by atoms with Gasteiger partial charge in [-0.1, -0.05) is 137 Å². The summed E-state index contributed by atoms with van der Waals surface area (Å²) in [6.45, 7) is 25.8. The molecule has 61 heavy (non-hydrogen) atoms. The molecule has 2 aliphatic carbocycles. The van der Waals surface area contributed by atoms with Crippen LogP contribution in [-0.4, -0.2) is 6.71 Å². The van der Waals surface area contributed by atoms with E-state index in [0.29, 0.717) is 5.56 Å². The molecule has 0 spiro atoms. The normalized spacial score (nSPS) is 19.7. The van der Waals surface area contributed by atoms with Crippen molar-refractivity contribution in [2.24, 2.45) is 0 Å². The van der Waals surface area contributed by atoms with Crippen LogP contribution >= 0.6 is 0 Å². The molecule has 10 rings (SSSR count). The molecule has 0 radical (unpaired) electrons. The topological polar surface area (TPSA) is 6.48 Å². The van der Waals surface area contributed by atoms with E-state index in [1.807, 2.05) is 12.1 Å². The zero-order valence-electron chi connectivity index (χ0n) is 41.7. The Balaban J connectivity index is 1.33. The molecule has 0 N–H and O–H groups in total. The van der Waals surface area contributed by atoms with Crippen LogP contribution in [0.2, 0.25) is 0 Å². The summed E-state index contributed by atoms with van der Waals surface area (Å²) in [5.41, 5.74) is 20.6. The summed E-state index contributed by atoms with van der Waals surface area (Å²) in [6, 6.07) is 40.8. The average molecular weight is 804 g/mol. The zero-order valence-corrected chi connectivity index (χ0v) is 38.7. The first-order valence-corrected chi connectivity index (χ1v) is 22.8. The van der Waals surface area contributed by atoms with Gasteiger partial charge in [0.25, 0.3) is 6.71 Å². The smallest absolute Gasteiger partial charge is 0.252 e. The van der Waals surface area contributed by atoms with Gasteiger partial charge in [-0.05, 0) is 182 Å². The van der Waals surface area contributed by atoms with Crippen LogP contribution in [0, 0.1) is 13.8 Å². The van der Waals surface area contributed by atoms with Crippen LogP contribution in [0.25, 0.3) is 11.1 Å². The average Bonchev–Trinajstić information content (AvgIpc) is 3.23. The minimum Gasteiger partial charge on any atom is -0.311 e. The van der Waals surface area contributed by atoms with Crippen LogP contribution in [0.15, 0.2) is 109 Å². The van der Waals surface area contributed by atoms with Crippen molar-refractivity contribution in [3.8, 4) is 11.1 Å². The number of rotatable bonds is 3. The molecule has 2 nitrogen and oxygen atoms in total. The Morgan fingerprint density at radius 1 is 0.508 bits per heavy atom. The summed E-state index contributed by atoms with van der Waals surface area (Å²) in [7, 11) is 0. The second-order valence-electron chi connectivity index (χ2n) is 22.6. The number of benzene rings is 6. The lowest BCUT2D eigenvalue weighted by Gasteiger charge is -2.48. The summed E-state index contributed by atoms with van der Waals surface area (Å²) >= 11 is 0. The fourth-order valence-electron chi connectivity index (χ4n) is 11.5. The van der Waals surface area contributed by atoms with Crippen LogP contribution in [0.3, 0.4) is 0 Å². The highest BCUT2D eigenvalue weighted by molar-refractivity contribution is 7.00. The molecular formula is C58H65BN2. The van der Waals surface area contributed by atoms with Gasteiger partial charge >= 0.3 is 0 Å². The maximum atomic E-state index is 9.08. The molecule has 0 bridgehead atoms. The minimum atomic E-state index is -2.35. The summed E-state index contributed by atoms with van der Waals surface area (Å²) in [5.74, 6) is 0. The monoisotopic (exact) mass is 804 g/mol. The molecule has 0 unspecified atom stereocenters. The number of aryl methyl sites for hydroxylation is 2. The summed E-state index contributed by atoms with van der Waals surface area (Å²) in [6.07, 6.45) is 4.48. The van der Waals surface area contributed by atoms with Gasteiger partial charge in [0, 0.05) is 38.2 Å². The Kier molecular flexibility index (Phi) is 7.95. The molecule has 6 aromatic carbocycles. The van der Waals surface area contributed by atoms with Crippen LogP contribution in [-0.2, 0) is 27.1 Å². The molecule has 0 saturated carbocycles. The lowest BCUT2D eigenvalue weighted by Crippen LogP contribution is -2.62. The van der Waals surface area contributed by atoms with Crippen molar-refractivity contribution >= 4 is 57.2 Å². The van der Waals surface area contributed by atoms with Gasteiger partial charge in [-0.25, -0.2) is 0 Å². The third-order valence-corrected chi connectivity index (χ3v) is 15.5. The molecule has 0 fully saturated rings. The minimum absolute atomic E-state index is 0.00238. The number of hydrogen-bond acceptors (Lipinski definition) is 2. The fraction of sp³-hybridized carbons (Fsp3) is 0.379. The molecule has 0 amide bonds. The Bertz CT molecular complexity index is 2890. The Labute approximate surface area is 371 Å². The highest BCUT2D eigenvalue weighted by Gasteiger charge is 2.47. The molecule has 310 valence electrons. The predicted molar refractivity (Wildman–Crippen MR) is 265 cm³/mol. The van der Waals surface area contributed by atoms with Gasteiger partial charge in [0.2, 0.25) is 0 Å². The van der Waals surface area contributed by atoms with E-state index in [2.05, 4.69) is 190 Å². The van der Waals surface area contributed by atoms with Crippen LogP contribution in [0.5, 0.6) is 0 Å². The van der Waals surface area contributed by atoms with Gasteiger partial charge in [-0.15, -0.1) is 0 Å². The molecular weight excluding hydrogens is 735 g/mol. The van der Waals surface area contributed by atoms with Crippen molar-refractivity contribution in [3.05, 3.63) is 148 Å². The van der Waals surface area contributed by atoms with Crippen molar-refractivity contribution in [2.45, 2.75) is 143 Å². The summed E-state index contributed by atoms with van der Waals surface area (Å²) in [5, 5.41) is 0. The molecule has 3 heteroatoms. The molecule has 6 aromatic rings. The van der Waals surface area contributed by atoms with Crippen LogP contribution in [0.1, 0.15) is 145 Å². The van der Waals surface area contributed by atoms with E-state index in [9.17, 15) is 0 Å². The standard InChI is InChI=1S/C58H65BN2/c1-36-29-51-53-52(30-36)61(48-24-19-39(31-37(48)2)38-17-15-14-16-18-38)49-32-40(54(3,4)5)20-23-46(49)59(53)47-34-44-45(58(12,13)28-27-57(44,10)11)35-50(47)60(51)41-21-22-42-43(33-41)56(8,9)26-25-55(42,6)7/h14-24,29-35H,25-28H2,1-13H3/i1D3.